The largest absolute Gasteiger partial charge is 0.272 e. The number of azo groups is 1. The highest BCUT2D eigenvalue weighted by Crippen LogP contribution is 2.58. The minimum Gasteiger partial charge on any atom is -0.272 e. The molecule has 1 aromatic carbocycles. The Kier molecular flexibility index (Phi) is 8.54. The van der Waals surface area contributed by atoms with Crippen molar-refractivity contribution in [2.75, 3.05) is 20.1 Å². The molecular formula is C27H37F2N5O2S. The number of hydrogen-bond acceptors (Lipinski definition) is 5. The second-order valence-electron chi connectivity index (χ2n) is 10.3. The predicted molar refractivity (Wildman–Crippen MR) is 141 cm³/mol. The van der Waals surface area contributed by atoms with Crippen LogP contribution in [0.4, 0.5) is 8.78 Å². The second kappa shape index (κ2) is 10.9. The molecule has 202 valence electrons. The lowest BCUT2D eigenvalue weighted by Gasteiger charge is -2.44. The molecule has 1 aliphatic rings. The van der Waals surface area contributed by atoms with Gasteiger partial charge in [-0.1, -0.05) is 40.3 Å². The summed E-state index contributed by atoms with van der Waals surface area (Å²) in [7, 11) is -2.28. The van der Waals surface area contributed by atoms with Crippen LogP contribution in [0, 0.1) is 28.4 Å². The van der Waals surface area contributed by atoms with Crippen LogP contribution in [0.5, 0.6) is 0 Å². The lowest BCUT2D eigenvalue weighted by atomic mass is 9.64. The van der Waals surface area contributed by atoms with Gasteiger partial charge in [-0.05, 0) is 60.3 Å². The molecule has 1 saturated carbocycles. The van der Waals surface area contributed by atoms with E-state index in [1.54, 1.807) is 17.0 Å². The number of aromatic nitrogens is 2. The number of benzene rings is 1. The molecule has 0 N–H and O–H groups in total. The Hall–Kier alpha value is -2.72. The molecule has 0 aliphatic heterocycles. The summed E-state index contributed by atoms with van der Waals surface area (Å²) in [6.07, 6.45) is 6.06. The Labute approximate surface area is 219 Å². The third-order valence-electron chi connectivity index (χ3n) is 8.06. The summed E-state index contributed by atoms with van der Waals surface area (Å²) in [5.74, 6) is -1.51. The molecular weight excluding hydrogens is 496 g/mol. The van der Waals surface area contributed by atoms with Gasteiger partial charge < -0.3 is 0 Å². The van der Waals surface area contributed by atoms with Crippen molar-refractivity contribution < 1.29 is 17.2 Å². The van der Waals surface area contributed by atoms with Crippen molar-refractivity contribution >= 4 is 15.7 Å². The summed E-state index contributed by atoms with van der Waals surface area (Å²) >= 11 is 0. The molecule has 3 rings (SSSR count). The first-order valence-electron chi connectivity index (χ1n) is 12.5. The maximum absolute atomic E-state index is 14.5. The van der Waals surface area contributed by atoms with Gasteiger partial charge in [-0.15, -0.1) is 0 Å². The molecule has 2 unspecified atom stereocenters. The quantitative estimate of drug-likeness (QED) is 0.265. The molecule has 7 nitrogen and oxygen atoms in total. The highest BCUT2D eigenvalue weighted by molar-refractivity contribution is 7.89. The molecule has 2 aromatic rings. The maximum atomic E-state index is 14.5. The van der Waals surface area contributed by atoms with Crippen LogP contribution in [0.25, 0.3) is 5.70 Å². The molecule has 0 spiro atoms. The SMILES string of the molecule is C=C(/C=C(\N=NC)c1c(F)cccc1F)C1CCC(C)(CN(CC)S(=O)(=O)c2cnn(CC)c2)C1(C)C. The molecule has 37 heavy (non-hydrogen) atoms. The predicted octanol–water partition coefficient (Wildman–Crippen LogP) is 6.31. The lowest BCUT2D eigenvalue weighted by molar-refractivity contribution is 0.0803. The number of halogens is 2. The van der Waals surface area contributed by atoms with E-state index in [1.165, 1.54) is 35.7 Å². The fourth-order valence-electron chi connectivity index (χ4n) is 5.33. The summed E-state index contributed by atoms with van der Waals surface area (Å²) in [5, 5.41) is 11.9. The van der Waals surface area contributed by atoms with Gasteiger partial charge in [-0.2, -0.15) is 19.6 Å². The van der Waals surface area contributed by atoms with Crippen LogP contribution in [-0.2, 0) is 16.6 Å². The number of allylic oxidation sites excluding steroid dienone is 2. The minimum atomic E-state index is -3.72. The van der Waals surface area contributed by atoms with Crippen molar-refractivity contribution in [1.29, 1.82) is 0 Å². The molecule has 2 atom stereocenters. The van der Waals surface area contributed by atoms with Crippen molar-refractivity contribution in [3.05, 3.63) is 66.0 Å². The normalized spacial score (nSPS) is 22.3. The monoisotopic (exact) mass is 533 g/mol. The minimum absolute atomic E-state index is 0.0568. The Morgan fingerprint density at radius 2 is 1.92 bits per heavy atom. The van der Waals surface area contributed by atoms with Crippen LogP contribution in [0.3, 0.4) is 0 Å². The third-order valence-corrected chi connectivity index (χ3v) is 9.93. The first-order valence-corrected chi connectivity index (χ1v) is 13.9. The molecule has 1 aromatic heterocycles. The molecule has 0 radical (unpaired) electrons. The number of rotatable bonds is 10. The molecule has 1 fully saturated rings. The van der Waals surface area contributed by atoms with Gasteiger partial charge in [0, 0.05) is 32.9 Å². The zero-order valence-electron chi connectivity index (χ0n) is 22.5. The molecule has 0 bridgehead atoms. The van der Waals surface area contributed by atoms with E-state index in [-0.39, 0.29) is 32.9 Å². The summed E-state index contributed by atoms with van der Waals surface area (Å²) in [4.78, 5) is 0.181. The van der Waals surface area contributed by atoms with Gasteiger partial charge in [-0.25, -0.2) is 17.2 Å². The van der Waals surface area contributed by atoms with Crippen LogP contribution in [0.1, 0.15) is 53.0 Å². The Bertz CT molecular complexity index is 1300. The standard InChI is InChI=1S/C27H37F2N5O2S/c1-8-33-17-20(16-31-33)37(35,36)34(9-2)18-27(6)14-13-21(26(27,4)5)19(3)15-24(32-30-7)25-22(28)11-10-12-23(25)29/h10-12,15-17,21H,3,8-9,13-14,18H2,1-2,4-7H3/b24-15-,32-30?. The van der Waals surface area contributed by atoms with Crippen LogP contribution in [0.15, 0.2) is 63.9 Å². The van der Waals surface area contributed by atoms with Gasteiger partial charge in [0.2, 0.25) is 10.0 Å². The third kappa shape index (κ3) is 5.45. The number of aryl methyl sites for hydroxylation is 1. The van der Waals surface area contributed by atoms with Gasteiger partial charge in [0.1, 0.15) is 16.5 Å². The van der Waals surface area contributed by atoms with E-state index in [4.69, 9.17) is 0 Å². The van der Waals surface area contributed by atoms with E-state index >= 15 is 0 Å². The lowest BCUT2D eigenvalue weighted by Crippen LogP contribution is -2.46. The van der Waals surface area contributed by atoms with Crippen molar-refractivity contribution in [2.45, 2.75) is 58.9 Å². The van der Waals surface area contributed by atoms with Gasteiger partial charge >= 0.3 is 0 Å². The summed E-state index contributed by atoms with van der Waals surface area (Å²) in [6.45, 7) is 15.5. The fourth-order valence-corrected chi connectivity index (χ4v) is 6.86. The van der Waals surface area contributed by atoms with Gasteiger partial charge in [0.25, 0.3) is 0 Å². The first-order chi connectivity index (χ1) is 17.3. The van der Waals surface area contributed by atoms with Crippen LogP contribution in [0.2, 0.25) is 0 Å². The number of nitrogens with zero attached hydrogens (tertiary/aromatic N) is 5. The topological polar surface area (TPSA) is 79.9 Å². The van der Waals surface area contributed by atoms with E-state index in [0.717, 1.165) is 12.8 Å². The van der Waals surface area contributed by atoms with E-state index in [2.05, 4.69) is 42.7 Å². The molecule has 0 saturated heterocycles. The average molecular weight is 534 g/mol. The Balaban J connectivity index is 1.91. The van der Waals surface area contributed by atoms with E-state index in [0.29, 0.717) is 25.2 Å². The summed E-state index contributed by atoms with van der Waals surface area (Å²) < 4.78 is 59.0. The van der Waals surface area contributed by atoms with Gasteiger partial charge in [0.05, 0.1) is 17.5 Å². The van der Waals surface area contributed by atoms with Crippen LogP contribution in [-0.4, -0.2) is 42.6 Å². The maximum Gasteiger partial charge on any atom is 0.246 e. The highest BCUT2D eigenvalue weighted by atomic mass is 32.2. The van der Waals surface area contributed by atoms with Gasteiger partial charge in [-0.3, -0.25) is 4.68 Å². The van der Waals surface area contributed by atoms with Crippen molar-refractivity contribution in [2.24, 2.45) is 27.0 Å². The van der Waals surface area contributed by atoms with E-state index in [1.807, 2.05) is 13.8 Å². The Morgan fingerprint density at radius 3 is 2.46 bits per heavy atom. The molecule has 1 aliphatic carbocycles. The number of hydrogen-bond donors (Lipinski definition) is 0. The number of sulfonamides is 1. The smallest absolute Gasteiger partial charge is 0.246 e. The zero-order valence-corrected chi connectivity index (χ0v) is 23.3. The summed E-state index contributed by atoms with van der Waals surface area (Å²) in [5.41, 5.74) is -0.261. The van der Waals surface area contributed by atoms with Crippen molar-refractivity contribution in [3.8, 4) is 0 Å². The molecule has 0 amide bonds. The summed E-state index contributed by atoms with van der Waals surface area (Å²) in [6, 6.07) is 3.66. The van der Waals surface area contributed by atoms with E-state index in [9.17, 15) is 17.2 Å². The fraction of sp³-hybridized carbons (Fsp3) is 0.519. The van der Waals surface area contributed by atoms with E-state index < -0.39 is 21.7 Å². The molecule has 10 heteroatoms. The van der Waals surface area contributed by atoms with Crippen molar-refractivity contribution in [3.63, 3.8) is 0 Å². The highest BCUT2D eigenvalue weighted by Gasteiger charge is 2.53. The van der Waals surface area contributed by atoms with Crippen molar-refractivity contribution in [1.82, 2.24) is 14.1 Å². The Morgan fingerprint density at radius 1 is 1.27 bits per heavy atom. The zero-order chi connectivity index (χ0) is 27.6. The van der Waals surface area contributed by atoms with Crippen LogP contribution >= 0.6 is 0 Å². The first kappa shape index (κ1) is 28.8. The second-order valence-corrected chi connectivity index (χ2v) is 12.3. The average Bonchev–Trinajstić information content (AvgIpc) is 3.40. The van der Waals surface area contributed by atoms with Crippen LogP contribution < -0.4 is 0 Å². The molecule has 1 heterocycles. The van der Waals surface area contributed by atoms with Gasteiger partial charge in [0.15, 0.2) is 0 Å².